The van der Waals surface area contributed by atoms with Gasteiger partial charge in [-0.05, 0) is 86.6 Å². The fourth-order valence-electron chi connectivity index (χ4n) is 4.06. The van der Waals surface area contributed by atoms with Crippen LogP contribution in [-0.4, -0.2) is 15.5 Å². The molecule has 0 aliphatic heterocycles. The van der Waals surface area contributed by atoms with Crippen LogP contribution in [-0.2, 0) is 0 Å². The molecule has 0 aliphatic carbocycles. The Hall–Kier alpha value is -4.64. The summed E-state index contributed by atoms with van der Waals surface area (Å²) in [5.41, 5.74) is 6.40. The van der Waals surface area contributed by atoms with Crippen molar-refractivity contribution in [1.82, 2.24) is 9.55 Å². The molecule has 0 saturated carbocycles. The monoisotopic (exact) mass is 459 g/mol. The van der Waals surface area contributed by atoms with Gasteiger partial charge in [0.25, 0.3) is 5.91 Å². The highest BCUT2D eigenvalue weighted by molar-refractivity contribution is 6.04. The Morgan fingerprint density at radius 2 is 1.40 bits per heavy atom. The number of nitrogens with one attached hydrogen (secondary N) is 1. The van der Waals surface area contributed by atoms with Gasteiger partial charge < -0.3 is 14.6 Å². The lowest BCUT2D eigenvalue weighted by Gasteiger charge is -2.14. The molecule has 2 heterocycles. The third kappa shape index (κ3) is 4.84. The zero-order valence-corrected chi connectivity index (χ0v) is 19.6. The number of ether oxygens (including phenoxy) is 1. The second-order valence-electron chi connectivity index (χ2n) is 8.29. The standard InChI is InChI=1S/C30H25N3O2/c1-21-10-11-22(2)33(21)28-9-6-20-31-29(28)23-12-14-24(15-13-23)30(34)32-25-16-18-27(19-17-25)35-26-7-4-3-5-8-26/h3-20H,1-2H3,(H,32,34). The van der Waals surface area contributed by atoms with Crippen molar-refractivity contribution >= 4 is 11.6 Å². The smallest absolute Gasteiger partial charge is 0.255 e. The molecule has 3 aromatic carbocycles. The summed E-state index contributed by atoms with van der Waals surface area (Å²) in [6.07, 6.45) is 1.79. The van der Waals surface area contributed by atoms with Crippen molar-refractivity contribution in [2.75, 3.05) is 5.32 Å². The van der Waals surface area contributed by atoms with Crippen molar-refractivity contribution < 1.29 is 9.53 Å². The van der Waals surface area contributed by atoms with Crippen molar-refractivity contribution in [3.8, 4) is 28.4 Å². The highest BCUT2D eigenvalue weighted by Gasteiger charge is 2.13. The van der Waals surface area contributed by atoms with E-state index in [4.69, 9.17) is 4.74 Å². The van der Waals surface area contributed by atoms with Gasteiger partial charge in [-0.25, -0.2) is 0 Å². The van der Waals surface area contributed by atoms with Gasteiger partial charge in [-0.3, -0.25) is 9.78 Å². The molecule has 5 nitrogen and oxygen atoms in total. The van der Waals surface area contributed by atoms with Crippen molar-refractivity contribution in [3.63, 3.8) is 0 Å². The lowest BCUT2D eigenvalue weighted by Crippen LogP contribution is -2.11. The summed E-state index contributed by atoms with van der Waals surface area (Å²) in [4.78, 5) is 17.5. The van der Waals surface area contributed by atoms with Gasteiger partial charge in [0.1, 0.15) is 11.5 Å². The Kier molecular flexibility index (Phi) is 6.14. The average molecular weight is 460 g/mol. The van der Waals surface area contributed by atoms with Gasteiger partial charge in [-0.2, -0.15) is 0 Å². The lowest BCUT2D eigenvalue weighted by atomic mass is 10.1. The molecule has 0 unspecified atom stereocenters. The number of anilines is 1. The number of hydrogen-bond acceptors (Lipinski definition) is 3. The fraction of sp³-hybridized carbons (Fsp3) is 0.0667. The molecule has 0 atom stereocenters. The van der Waals surface area contributed by atoms with E-state index < -0.39 is 0 Å². The van der Waals surface area contributed by atoms with E-state index in [1.807, 2.05) is 84.9 Å². The number of pyridine rings is 1. The summed E-state index contributed by atoms with van der Waals surface area (Å²) < 4.78 is 8.00. The third-order valence-corrected chi connectivity index (χ3v) is 5.81. The zero-order chi connectivity index (χ0) is 24.2. The van der Waals surface area contributed by atoms with Crippen LogP contribution in [0.5, 0.6) is 11.5 Å². The first kappa shape index (κ1) is 22.2. The summed E-state index contributed by atoms with van der Waals surface area (Å²) in [5, 5.41) is 2.94. The molecule has 0 radical (unpaired) electrons. The average Bonchev–Trinajstić information content (AvgIpc) is 3.23. The zero-order valence-electron chi connectivity index (χ0n) is 19.6. The summed E-state index contributed by atoms with van der Waals surface area (Å²) >= 11 is 0. The number of nitrogens with zero attached hydrogens (tertiary/aromatic N) is 2. The second kappa shape index (κ2) is 9.69. The molecular weight excluding hydrogens is 434 g/mol. The largest absolute Gasteiger partial charge is 0.457 e. The van der Waals surface area contributed by atoms with E-state index in [1.54, 1.807) is 6.20 Å². The number of aryl methyl sites for hydroxylation is 2. The van der Waals surface area contributed by atoms with Crippen molar-refractivity contribution in [2.45, 2.75) is 13.8 Å². The number of hydrogen-bond donors (Lipinski definition) is 1. The highest BCUT2D eigenvalue weighted by atomic mass is 16.5. The number of rotatable bonds is 6. The summed E-state index contributed by atoms with van der Waals surface area (Å²) in [7, 11) is 0. The van der Waals surface area contributed by atoms with Crippen LogP contribution in [0.25, 0.3) is 16.9 Å². The number of benzene rings is 3. The van der Waals surface area contributed by atoms with E-state index in [-0.39, 0.29) is 5.91 Å². The molecule has 0 bridgehead atoms. The van der Waals surface area contributed by atoms with E-state index in [1.165, 1.54) is 0 Å². The first-order valence-corrected chi connectivity index (χ1v) is 11.4. The Morgan fingerprint density at radius 3 is 2.09 bits per heavy atom. The Balaban J connectivity index is 1.31. The van der Waals surface area contributed by atoms with E-state index in [2.05, 4.69) is 46.9 Å². The molecule has 0 aliphatic rings. The predicted octanol–water partition coefficient (Wildman–Crippen LogP) is 7.20. The minimum absolute atomic E-state index is 0.174. The molecule has 35 heavy (non-hydrogen) atoms. The molecular formula is C30H25N3O2. The van der Waals surface area contributed by atoms with Crippen LogP contribution in [0.4, 0.5) is 5.69 Å². The van der Waals surface area contributed by atoms with Crippen molar-refractivity contribution in [1.29, 1.82) is 0 Å². The molecule has 1 N–H and O–H groups in total. The molecule has 2 aromatic heterocycles. The summed E-state index contributed by atoms with van der Waals surface area (Å²) in [6.45, 7) is 4.16. The Morgan fingerprint density at radius 1 is 0.743 bits per heavy atom. The topological polar surface area (TPSA) is 56.2 Å². The minimum atomic E-state index is -0.174. The minimum Gasteiger partial charge on any atom is -0.457 e. The highest BCUT2D eigenvalue weighted by Crippen LogP contribution is 2.28. The SMILES string of the molecule is Cc1ccc(C)n1-c1cccnc1-c1ccc(C(=O)Nc2ccc(Oc3ccccc3)cc2)cc1. The molecule has 0 spiro atoms. The third-order valence-electron chi connectivity index (χ3n) is 5.81. The first-order chi connectivity index (χ1) is 17.1. The molecule has 0 saturated heterocycles. The van der Waals surface area contributed by atoms with E-state index >= 15 is 0 Å². The van der Waals surface area contributed by atoms with Crippen LogP contribution in [0.15, 0.2) is 109 Å². The maximum absolute atomic E-state index is 12.8. The summed E-state index contributed by atoms with van der Waals surface area (Å²) in [6, 6.07) is 32.6. The van der Waals surface area contributed by atoms with Crippen LogP contribution in [0.1, 0.15) is 21.7 Å². The summed E-state index contributed by atoms with van der Waals surface area (Å²) in [5.74, 6) is 1.30. The van der Waals surface area contributed by atoms with Gasteiger partial charge in [-0.1, -0.05) is 30.3 Å². The maximum atomic E-state index is 12.8. The molecule has 5 heteroatoms. The van der Waals surface area contributed by atoms with Crippen LogP contribution >= 0.6 is 0 Å². The number of carbonyl (C=O) groups is 1. The molecule has 172 valence electrons. The van der Waals surface area contributed by atoms with Gasteiger partial charge in [0.2, 0.25) is 0 Å². The van der Waals surface area contributed by atoms with E-state index in [0.717, 1.165) is 34.1 Å². The quantitative estimate of drug-likeness (QED) is 0.292. The number of amides is 1. The lowest BCUT2D eigenvalue weighted by molar-refractivity contribution is 0.102. The number of aromatic nitrogens is 2. The first-order valence-electron chi connectivity index (χ1n) is 11.4. The van der Waals surface area contributed by atoms with E-state index in [0.29, 0.717) is 17.0 Å². The fourth-order valence-corrected chi connectivity index (χ4v) is 4.06. The van der Waals surface area contributed by atoms with Gasteiger partial charge in [0.05, 0.1) is 11.4 Å². The predicted molar refractivity (Wildman–Crippen MR) is 139 cm³/mol. The molecule has 1 amide bonds. The van der Waals surface area contributed by atoms with Crippen LogP contribution < -0.4 is 10.1 Å². The van der Waals surface area contributed by atoms with Crippen LogP contribution in [0, 0.1) is 13.8 Å². The van der Waals surface area contributed by atoms with Gasteiger partial charge in [-0.15, -0.1) is 0 Å². The molecule has 0 fully saturated rings. The number of carbonyl (C=O) groups excluding carboxylic acids is 1. The molecule has 5 aromatic rings. The maximum Gasteiger partial charge on any atom is 0.255 e. The molecule has 5 rings (SSSR count). The second-order valence-corrected chi connectivity index (χ2v) is 8.29. The van der Waals surface area contributed by atoms with Gasteiger partial charge in [0, 0.05) is 34.4 Å². The Labute approximate surface area is 204 Å². The van der Waals surface area contributed by atoms with Crippen LogP contribution in [0.3, 0.4) is 0 Å². The van der Waals surface area contributed by atoms with Crippen molar-refractivity contribution in [2.24, 2.45) is 0 Å². The van der Waals surface area contributed by atoms with Crippen LogP contribution in [0.2, 0.25) is 0 Å². The van der Waals surface area contributed by atoms with Gasteiger partial charge in [0.15, 0.2) is 0 Å². The van der Waals surface area contributed by atoms with Crippen molar-refractivity contribution in [3.05, 3.63) is 126 Å². The Bertz CT molecular complexity index is 1430. The normalized spacial score (nSPS) is 10.7. The van der Waals surface area contributed by atoms with E-state index in [9.17, 15) is 4.79 Å². The van der Waals surface area contributed by atoms with Gasteiger partial charge >= 0.3 is 0 Å². The number of para-hydroxylation sites is 1.